The van der Waals surface area contributed by atoms with E-state index in [-0.39, 0.29) is 17.9 Å². The molecule has 0 heterocycles. The summed E-state index contributed by atoms with van der Waals surface area (Å²) in [4.78, 5) is 22.4. The van der Waals surface area contributed by atoms with Crippen molar-refractivity contribution in [3.05, 3.63) is 0 Å². The van der Waals surface area contributed by atoms with E-state index in [2.05, 4.69) is 19.2 Å². The molecule has 0 bridgehead atoms. The van der Waals surface area contributed by atoms with Crippen LogP contribution in [0.25, 0.3) is 0 Å². The number of rotatable bonds is 7. The molecule has 1 aliphatic carbocycles. The molecule has 0 aromatic carbocycles. The molecule has 0 aromatic heterocycles. The summed E-state index contributed by atoms with van der Waals surface area (Å²) in [6, 6.07) is 0.0595. The molecule has 1 aliphatic rings. The van der Waals surface area contributed by atoms with Gasteiger partial charge in [0.1, 0.15) is 0 Å². The van der Waals surface area contributed by atoms with Crippen LogP contribution in [0, 0.1) is 11.8 Å². The minimum Gasteiger partial charge on any atom is -0.481 e. The SMILES string of the molecule is CC(C)CCSCC(=O)N[C@H]1CC[C@@H](C(=O)O)C1. The van der Waals surface area contributed by atoms with Gasteiger partial charge < -0.3 is 10.4 Å². The average molecular weight is 273 g/mol. The van der Waals surface area contributed by atoms with Gasteiger partial charge in [0.15, 0.2) is 0 Å². The maximum absolute atomic E-state index is 11.6. The second-order valence-corrected chi connectivity index (χ2v) is 6.45. The zero-order valence-corrected chi connectivity index (χ0v) is 12.0. The zero-order valence-electron chi connectivity index (χ0n) is 11.1. The Hall–Kier alpha value is -0.710. The van der Waals surface area contributed by atoms with E-state index in [1.54, 1.807) is 11.8 Å². The van der Waals surface area contributed by atoms with Gasteiger partial charge >= 0.3 is 5.97 Å². The van der Waals surface area contributed by atoms with Gasteiger partial charge in [0.05, 0.1) is 11.7 Å². The molecule has 0 unspecified atom stereocenters. The Labute approximate surface area is 113 Å². The normalized spacial score (nSPS) is 23.3. The first-order valence-corrected chi connectivity index (χ1v) is 7.74. The van der Waals surface area contributed by atoms with Crippen LogP contribution in [0.1, 0.15) is 39.5 Å². The molecule has 18 heavy (non-hydrogen) atoms. The number of aliphatic carboxylic acids is 1. The first kappa shape index (κ1) is 15.3. The van der Waals surface area contributed by atoms with Crippen LogP contribution in [0.3, 0.4) is 0 Å². The van der Waals surface area contributed by atoms with E-state index in [1.165, 1.54) is 0 Å². The van der Waals surface area contributed by atoms with E-state index >= 15 is 0 Å². The number of carbonyl (C=O) groups excluding carboxylic acids is 1. The van der Waals surface area contributed by atoms with Crippen LogP contribution >= 0.6 is 11.8 Å². The highest BCUT2D eigenvalue weighted by Gasteiger charge is 2.30. The number of carbonyl (C=O) groups is 2. The fraction of sp³-hybridized carbons (Fsp3) is 0.846. The van der Waals surface area contributed by atoms with Crippen molar-refractivity contribution in [1.82, 2.24) is 5.32 Å². The third kappa shape index (κ3) is 5.76. The van der Waals surface area contributed by atoms with Gasteiger partial charge in [-0.3, -0.25) is 9.59 Å². The number of carboxylic acids is 1. The smallest absolute Gasteiger partial charge is 0.306 e. The lowest BCUT2D eigenvalue weighted by molar-refractivity contribution is -0.141. The molecule has 0 spiro atoms. The second kappa shape index (κ2) is 7.67. The predicted molar refractivity (Wildman–Crippen MR) is 73.7 cm³/mol. The monoisotopic (exact) mass is 273 g/mol. The molecule has 1 rings (SSSR count). The summed E-state index contributed by atoms with van der Waals surface area (Å²) in [7, 11) is 0. The summed E-state index contributed by atoms with van der Waals surface area (Å²) < 4.78 is 0. The van der Waals surface area contributed by atoms with Gasteiger partial charge in [0, 0.05) is 6.04 Å². The molecule has 104 valence electrons. The predicted octanol–water partition coefficient (Wildman–Crippen LogP) is 2.14. The van der Waals surface area contributed by atoms with E-state index in [4.69, 9.17) is 5.11 Å². The average Bonchev–Trinajstić information content (AvgIpc) is 2.72. The summed E-state index contributed by atoms with van der Waals surface area (Å²) in [6.45, 7) is 4.34. The zero-order chi connectivity index (χ0) is 13.5. The number of hydrogen-bond acceptors (Lipinski definition) is 3. The van der Waals surface area contributed by atoms with E-state index in [9.17, 15) is 9.59 Å². The summed E-state index contributed by atoms with van der Waals surface area (Å²) >= 11 is 1.65. The molecule has 1 amide bonds. The van der Waals surface area contributed by atoms with Crippen LogP contribution in [-0.4, -0.2) is 34.5 Å². The fourth-order valence-electron chi connectivity index (χ4n) is 2.09. The van der Waals surface area contributed by atoms with Crippen molar-refractivity contribution >= 4 is 23.6 Å². The molecule has 0 aromatic rings. The summed E-state index contributed by atoms with van der Waals surface area (Å²) in [5.41, 5.74) is 0. The number of amides is 1. The van der Waals surface area contributed by atoms with Gasteiger partial charge in [-0.15, -0.1) is 0 Å². The van der Waals surface area contributed by atoms with Gasteiger partial charge in [0.2, 0.25) is 5.91 Å². The van der Waals surface area contributed by atoms with E-state index in [0.29, 0.717) is 24.5 Å². The van der Waals surface area contributed by atoms with E-state index in [0.717, 1.165) is 18.6 Å². The van der Waals surface area contributed by atoms with Crippen molar-refractivity contribution < 1.29 is 14.7 Å². The lowest BCUT2D eigenvalue weighted by Gasteiger charge is -2.12. The van der Waals surface area contributed by atoms with Gasteiger partial charge in [-0.1, -0.05) is 13.8 Å². The van der Waals surface area contributed by atoms with Crippen molar-refractivity contribution in [1.29, 1.82) is 0 Å². The molecule has 0 saturated heterocycles. The number of hydrogen-bond donors (Lipinski definition) is 2. The van der Waals surface area contributed by atoms with Crippen LogP contribution in [-0.2, 0) is 9.59 Å². The van der Waals surface area contributed by atoms with Crippen LogP contribution in [0.2, 0.25) is 0 Å². The molecule has 1 fully saturated rings. The highest BCUT2D eigenvalue weighted by molar-refractivity contribution is 7.99. The van der Waals surface area contributed by atoms with Crippen LogP contribution in [0.15, 0.2) is 0 Å². The quantitative estimate of drug-likeness (QED) is 0.697. The van der Waals surface area contributed by atoms with Gasteiger partial charge in [0.25, 0.3) is 0 Å². The molecule has 4 nitrogen and oxygen atoms in total. The summed E-state index contributed by atoms with van der Waals surface area (Å²) in [5.74, 6) is 1.20. The molecule has 5 heteroatoms. The number of carboxylic acid groups (broad SMARTS) is 1. The van der Waals surface area contributed by atoms with E-state index in [1.807, 2.05) is 0 Å². The third-order valence-electron chi connectivity index (χ3n) is 3.22. The Morgan fingerprint density at radius 1 is 1.39 bits per heavy atom. The largest absolute Gasteiger partial charge is 0.481 e. The van der Waals surface area contributed by atoms with E-state index < -0.39 is 5.97 Å². The highest BCUT2D eigenvalue weighted by Crippen LogP contribution is 2.25. The Morgan fingerprint density at radius 2 is 2.11 bits per heavy atom. The van der Waals surface area contributed by atoms with Crippen LogP contribution in [0.4, 0.5) is 0 Å². The molecule has 1 saturated carbocycles. The summed E-state index contributed by atoms with van der Waals surface area (Å²) in [6.07, 6.45) is 3.18. The Morgan fingerprint density at radius 3 is 2.67 bits per heavy atom. The molecule has 0 radical (unpaired) electrons. The van der Waals surface area contributed by atoms with Crippen molar-refractivity contribution in [2.75, 3.05) is 11.5 Å². The third-order valence-corrected chi connectivity index (χ3v) is 4.21. The van der Waals surface area contributed by atoms with Gasteiger partial charge in [-0.2, -0.15) is 11.8 Å². The van der Waals surface area contributed by atoms with Crippen molar-refractivity contribution in [3.8, 4) is 0 Å². The highest BCUT2D eigenvalue weighted by atomic mass is 32.2. The molecule has 2 N–H and O–H groups in total. The minimum atomic E-state index is -0.738. The first-order valence-electron chi connectivity index (χ1n) is 6.59. The Balaban J connectivity index is 2.12. The summed E-state index contributed by atoms with van der Waals surface area (Å²) in [5, 5.41) is 11.8. The molecule has 0 aliphatic heterocycles. The maximum Gasteiger partial charge on any atom is 0.306 e. The van der Waals surface area contributed by atoms with Crippen molar-refractivity contribution in [2.24, 2.45) is 11.8 Å². The minimum absolute atomic E-state index is 0.0415. The number of nitrogens with one attached hydrogen (secondary N) is 1. The van der Waals surface area contributed by atoms with Gasteiger partial charge in [-0.25, -0.2) is 0 Å². The molecular formula is C13H23NO3S. The van der Waals surface area contributed by atoms with Gasteiger partial charge in [-0.05, 0) is 37.4 Å². The van der Waals surface area contributed by atoms with Crippen molar-refractivity contribution in [3.63, 3.8) is 0 Å². The van der Waals surface area contributed by atoms with Crippen molar-refractivity contribution in [2.45, 2.75) is 45.6 Å². The molecule has 2 atom stereocenters. The lowest BCUT2D eigenvalue weighted by atomic mass is 10.1. The Bertz CT molecular complexity index is 294. The topological polar surface area (TPSA) is 66.4 Å². The lowest BCUT2D eigenvalue weighted by Crippen LogP contribution is -2.34. The fourth-order valence-corrected chi connectivity index (χ4v) is 3.14. The number of thioether (sulfide) groups is 1. The van der Waals surface area contributed by atoms with Crippen LogP contribution in [0.5, 0.6) is 0 Å². The Kier molecular flexibility index (Phi) is 6.54. The second-order valence-electron chi connectivity index (χ2n) is 5.35. The first-order chi connectivity index (χ1) is 8.49. The molecular weight excluding hydrogens is 250 g/mol. The maximum atomic E-state index is 11.6. The standard InChI is InChI=1S/C13H23NO3S/c1-9(2)5-6-18-8-12(15)14-11-4-3-10(7-11)13(16)17/h9-11H,3-8H2,1-2H3,(H,14,15)(H,16,17)/t10-,11+/m1/s1. The van der Waals surface area contributed by atoms with Crippen LogP contribution < -0.4 is 5.32 Å².